The molecule has 0 fully saturated rings. The van der Waals surface area contributed by atoms with Crippen LogP contribution in [0.4, 0.5) is 0 Å². The van der Waals surface area contributed by atoms with E-state index in [0.717, 1.165) is 70.1 Å². The van der Waals surface area contributed by atoms with Gasteiger partial charge in [-0.15, -0.1) is 0 Å². The molecule has 2 aliphatic heterocycles. The van der Waals surface area contributed by atoms with Crippen LogP contribution in [0.2, 0.25) is 0 Å². The molecule has 0 aromatic rings. The lowest BCUT2D eigenvalue weighted by Crippen LogP contribution is -2.13. The van der Waals surface area contributed by atoms with Crippen molar-refractivity contribution < 1.29 is 9.47 Å². The lowest BCUT2D eigenvalue weighted by molar-refractivity contribution is 0.272. The molecule has 0 aromatic heterocycles. The van der Waals surface area contributed by atoms with Crippen LogP contribution >= 0.6 is 0 Å². The summed E-state index contributed by atoms with van der Waals surface area (Å²) in [6, 6.07) is 0.399. The van der Waals surface area contributed by atoms with Gasteiger partial charge in [-0.2, -0.15) is 0 Å². The van der Waals surface area contributed by atoms with Crippen LogP contribution in [-0.4, -0.2) is 37.6 Å². The molecule has 0 aliphatic carbocycles. The number of rotatable bonds is 6. The van der Waals surface area contributed by atoms with Crippen LogP contribution in [0.15, 0.2) is 9.98 Å². The predicted octanol–water partition coefficient (Wildman–Crippen LogP) is 2.57. The summed E-state index contributed by atoms with van der Waals surface area (Å²) >= 11 is 0. The third-order valence-corrected chi connectivity index (χ3v) is 3.13. The van der Waals surface area contributed by atoms with Crippen LogP contribution in [0.3, 0.4) is 0 Å². The second-order valence-electron chi connectivity index (χ2n) is 4.58. The highest BCUT2D eigenvalue weighted by atomic mass is 16.5. The third-order valence-electron chi connectivity index (χ3n) is 3.13. The van der Waals surface area contributed by atoms with E-state index < -0.39 is 0 Å². The first kappa shape index (κ1) is 12.4. The summed E-state index contributed by atoms with van der Waals surface area (Å²) in [4.78, 5) is 8.88. The van der Waals surface area contributed by atoms with Crippen LogP contribution < -0.4 is 0 Å². The standard InChI is InChI=1S/C13H22N2O2/c1-2-11-10-17-13(15-11)7-4-3-6-12-14-8-5-9-16-12/h11H,2-10H2,1H3. The minimum absolute atomic E-state index is 0.399. The summed E-state index contributed by atoms with van der Waals surface area (Å²) in [5, 5.41) is 0. The molecule has 0 bridgehead atoms. The van der Waals surface area contributed by atoms with E-state index in [9.17, 15) is 0 Å². The van der Waals surface area contributed by atoms with E-state index in [0.29, 0.717) is 6.04 Å². The molecule has 17 heavy (non-hydrogen) atoms. The molecule has 0 spiro atoms. The Morgan fingerprint density at radius 3 is 2.65 bits per heavy atom. The van der Waals surface area contributed by atoms with Gasteiger partial charge < -0.3 is 9.47 Å². The molecule has 2 aliphatic rings. The maximum absolute atomic E-state index is 5.54. The van der Waals surface area contributed by atoms with E-state index in [1.54, 1.807) is 0 Å². The molecule has 1 atom stereocenters. The van der Waals surface area contributed by atoms with Crippen molar-refractivity contribution in [1.29, 1.82) is 0 Å². The molecule has 2 heterocycles. The van der Waals surface area contributed by atoms with Gasteiger partial charge in [0, 0.05) is 25.8 Å². The van der Waals surface area contributed by atoms with Crippen LogP contribution in [0.5, 0.6) is 0 Å². The first-order valence-corrected chi connectivity index (χ1v) is 6.74. The summed E-state index contributed by atoms with van der Waals surface area (Å²) in [7, 11) is 0. The highest BCUT2D eigenvalue weighted by molar-refractivity contribution is 5.78. The van der Waals surface area contributed by atoms with Crippen molar-refractivity contribution in [3.63, 3.8) is 0 Å². The molecule has 0 N–H and O–H groups in total. The number of aliphatic imine (C=N–C) groups is 2. The molecule has 0 saturated heterocycles. The average molecular weight is 238 g/mol. The second-order valence-corrected chi connectivity index (χ2v) is 4.58. The van der Waals surface area contributed by atoms with Crippen molar-refractivity contribution in [3.05, 3.63) is 0 Å². The van der Waals surface area contributed by atoms with Crippen LogP contribution in [0.25, 0.3) is 0 Å². The molecule has 4 nitrogen and oxygen atoms in total. The number of hydrogen-bond donors (Lipinski definition) is 0. The normalized spacial score (nSPS) is 23.7. The summed E-state index contributed by atoms with van der Waals surface area (Å²) in [5.41, 5.74) is 0. The molecule has 0 saturated carbocycles. The lowest BCUT2D eigenvalue weighted by atomic mass is 10.2. The summed E-state index contributed by atoms with van der Waals surface area (Å²) < 4.78 is 11.0. The Morgan fingerprint density at radius 1 is 1.18 bits per heavy atom. The van der Waals surface area contributed by atoms with Gasteiger partial charge in [-0.05, 0) is 19.3 Å². The minimum Gasteiger partial charge on any atom is -0.481 e. The van der Waals surface area contributed by atoms with E-state index in [1.807, 2.05) is 0 Å². The van der Waals surface area contributed by atoms with Crippen LogP contribution in [0.1, 0.15) is 45.4 Å². The van der Waals surface area contributed by atoms with E-state index in [-0.39, 0.29) is 0 Å². The fraction of sp³-hybridized carbons (Fsp3) is 0.846. The number of ether oxygens (including phenoxy) is 2. The Balaban J connectivity index is 1.58. The molecule has 96 valence electrons. The highest BCUT2D eigenvalue weighted by Gasteiger charge is 2.16. The van der Waals surface area contributed by atoms with Gasteiger partial charge in [-0.1, -0.05) is 6.92 Å². The monoisotopic (exact) mass is 238 g/mol. The molecule has 1 unspecified atom stereocenters. The zero-order valence-corrected chi connectivity index (χ0v) is 10.7. The van der Waals surface area contributed by atoms with Gasteiger partial charge in [0.15, 0.2) is 11.8 Å². The SMILES string of the molecule is CCC1COC(CCCCC2=NCCCO2)=N1. The fourth-order valence-electron chi connectivity index (χ4n) is 2.02. The van der Waals surface area contributed by atoms with Gasteiger partial charge in [-0.3, -0.25) is 4.99 Å². The Hall–Kier alpha value is -1.06. The van der Waals surface area contributed by atoms with Gasteiger partial charge in [0.25, 0.3) is 0 Å². The van der Waals surface area contributed by atoms with Crippen molar-refractivity contribution in [2.24, 2.45) is 9.98 Å². The van der Waals surface area contributed by atoms with E-state index >= 15 is 0 Å². The molecule has 0 radical (unpaired) electrons. The summed E-state index contributed by atoms with van der Waals surface area (Å²) in [6.07, 6.45) is 6.28. The molecule has 2 rings (SSSR count). The second kappa shape index (κ2) is 6.62. The average Bonchev–Trinajstić information content (AvgIpc) is 2.84. The Bertz CT molecular complexity index is 300. The lowest BCUT2D eigenvalue weighted by Gasteiger charge is -2.13. The predicted molar refractivity (Wildman–Crippen MR) is 68.8 cm³/mol. The first-order chi connectivity index (χ1) is 8.38. The third kappa shape index (κ3) is 4.02. The molecular formula is C13H22N2O2. The zero-order chi connectivity index (χ0) is 11.9. The Kier molecular flexibility index (Phi) is 4.83. The van der Waals surface area contributed by atoms with Gasteiger partial charge in [0.2, 0.25) is 0 Å². The van der Waals surface area contributed by atoms with Crippen molar-refractivity contribution in [2.45, 2.75) is 51.5 Å². The summed E-state index contributed by atoms with van der Waals surface area (Å²) in [6.45, 7) is 4.71. The molecule has 0 aromatic carbocycles. The largest absolute Gasteiger partial charge is 0.481 e. The van der Waals surface area contributed by atoms with Crippen LogP contribution in [0, 0.1) is 0 Å². The molecule has 4 heteroatoms. The maximum atomic E-state index is 5.54. The van der Waals surface area contributed by atoms with Gasteiger partial charge in [-0.25, -0.2) is 4.99 Å². The number of hydrogen-bond acceptors (Lipinski definition) is 4. The van der Waals surface area contributed by atoms with E-state index in [4.69, 9.17) is 9.47 Å². The quantitative estimate of drug-likeness (QED) is 0.667. The minimum atomic E-state index is 0.399. The van der Waals surface area contributed by atoms with E-state index in [1.165, 1.54) is 0 Å². The van der Waals surface area contributed by atoms with Crippen molar-refractivity contribution >= 4 is 11.8 Å². The zero-order valence-electron chi connectivity index (χ0n) is 10.7. The van der Waals surface area contributed by atoms with E-state index in [2.05, 4.69) is 16.9 Å². The number of nitrogens with zero attached hydrogens (tertiary/aromatic N) is 2. The maximum Gasteiger partial charge on any atom is 0.183 e. The smallest absolute Gasteiger partial charge is 0.183 e. The topological polar surface area (TPSA) is 43.2 Å². The molecule has 0 amide bonds. The summed E-state index contributed by atoms with van der Waals surface area (Å²) in [5.74, 6) is 1.89. The van der Waals surface area contributed by atoms with Gasteiger partial charge in [0.1, 0.15) is 6.61 Å². The molecular weight excluding hydrogens is 216 g/mol. The van der Waals surface area contributed by atoms with Crippen LogP contribution in [-0.2, 0) is 9.47 Å². The van der Waals surface area contributed by atoms with Crippen molar-refractivity contribution in [2.75, 3.05) is 19.8 Å². The first-order valence-electron chi connectivity index (χ1n) is 6.74. The fourth-order valence-corrected chi connectivity index (χ4v) is 2.02. The highest BCUT2D eigenvalue weighted by Crippen LogP contribution is 2.13. The Morgan fingerprint density at radius 2 is 2.00 bits per heavy atom. The van der Waals surface area contributed by atoms with Gasteiger partial charge >= 0.3 is 0 Å². The van der Waals surface area contributed by atoms with Gasteiger partial charge in [0.05, 0.1) is 12.6 Å². The number of unbranched alkanes of at least 4 members (excludes halogenated alkanes) is 1. The Labute approximate surface area is 103 Å². The van der Waals surface area contributed by atoms with Crippen molar-refractivity contribution in [3.8, 4) is 0 Å². The van der Waals surface area contributed by atoms with Crippen molar-refractivity contribution in [1.82, 2.24) is 0 Å².